The predicted octanol–water partition coefficient (Wildman–Crippen LogP) is 1.68. The molecule has 0 aliphatic carbocycles. The van der Waals surface area contributed by atoms with Crippen molar-refractivity contribution in [2.24, 2.45) is 9.63 Å². The van der Waals surface area contributed by atoms with E-state index >= 15 is 0 Å². The normalized spacial score (nSPS) is 11.9. The lowest BCUT2D eigenvalue weighted by atomic mass is 10.2. The highest BCUT2D eigenvalue weighted by Gasteiger charge is 2.12. The minimum absolute atomic E-state index is 0.0260. The molecule has 80 valence electrons. The van der Waals surface area contributed by atoms with E-state index in [0.29, 0.717) is 0 Å². The van der Waals surface area contributed by atoms with Crippen molar-refractivity contribution in [3.63, 3.8) is 0 Å². The average Bonchev–Trinajstić information content (AvgIpc) is 2.16. The Bertz CT molecular complexity index is 489. The van der Waals surface area contributed by atoms with Crippen LogP contribution in [-0.2, 0) is 14.8 Å². The molecule has 1 amide bonds. The molecule has 1 rings (SSSR count). The van der Waals surface area contributed by atoms with Crippen LogP contribution in [0.5, 0.6) is 0 Å². The van der Waals surface area contributed by atoms with Crippen molar-refractivity contribution >= 4 is 15.9 Å². The molecule has 0 atom stereocenters. The van der Waals surface area contributed by atoms with Gasteiger partial charge in [0.1, 0.15) is 0 Å². The molecule has 1 aromatic rings. The molecule has 5 nitrogen and oxygen atoms in total. The molecule has 0 saturated heterocycles. The summed E-state index contributed by atoms with van der Waals surface area (Å²) in [5.74, 6) is -0.648. The Morgan fingerprint density at radius 3 is 2.20 bits per heavy atom. The Labute approximate surface area is 87.9 Å². The van der Waals surface area contributed by atoms with Crippen molar-refractivity contribution in [3.05, 3.63) is 29.8 Å². The molecule has 0 aliphatic rings. The van der Waals surface area contributed by atoms with Crippen LogP contribution in [0.4, 0.5) is 0 Å². The average molecular weight is 226 g/mol. The highest BCUT2D eigenvalue weighted by atomic mass is 32.2. The Morgan fingerprint density at radius 2 is 1.73 bits per heavy atom. The molecule has 0 spiro atoms. The van der Waals surface area contributed by atoms with Crippen molar-refractivity contribution in [2.45, 2.75) is 18.7 Å². The van der Waals surface area contributed by atoms with E-state index in [1.807, 2.05) is 6.92 Å². The van der Waals surface area contributed by atoms with E-state index in [9.17, 15) is 13.2 Å². The number of rotatable bonds is 2. The fraction of sp³-hybridized carbons (Fsp3) is 0.222. The van der Waals surface area contributed by atoms with E-state index in [1.54, 1.807) is 12.1 Å². The number of benzene rings is 1. The Morgan fingerprint density at radius 1 is 1.20 bits per heavy atom. The summed E-state index contributed by atoms with van der Waals surface area (Å²) in [4.78, 5) is 10.5. The number of amides is 1. The molecule has 0 fully saturated rings. The molecule has 0 unspecified atom stereocenters. The monoisotopic (exact) mass is 226 g/mol. The fourth-order valence-corrected chi connectivity index (χ4v) is 1.67. The van der Waals surface area contributed by atoms with Gasteiger partial charge in [0.25, 0.3) is 15.9 Å². The summed E-state index contributed by atoms with van der Waals surface area (Å²) in [6.07, 6.45) is 0. The minimum atomic E-state index is -3.83. The van der Waals surface area contributed by atoms with Gasteiger partial charge in [-0.2, -0.15) is 8.42 Å². The second kappa shape index (κ2) is 4.31. The third-order valence-electron chi connectivity index (χ3n) is 1.61. The number of aryl methyl sites for hydroxylation is 1. The van der Waals surface area contributed by atoms with Crippen molar-refractivity contribution in [3.8, 4) is 0 Å². The van der Waals surface area contributed by atoms with Crippen molar-refractivity contribution < 1.29 is 13.2 Å². The minimum Gasteiger partial charge on any atom is -0.271 e. The molecular formula is C9H10N2O3S. The van der Waals surface area contributed by atoms with Gasteiger partial charge in [0.2, 0.25) is 0 Å². The number of hydrogen-bond acceptors (Lipinski definition) is 3. The lowest BCUT2D eigenvalue weighted by Crippen LogP contribution is -1.96. The second-order valence-electron chi connectivity index (χ2n) is 2.99. The SMILES string of the molecule is CC(=O)N=NS(=O)(=O)c1ccc(C)cc1. The standard InChI is InChI=1S/C9H10N2O3S/c1-7-3-5-9(6-4-7)15(13,14)11-10-8(2)12/h3-6H,1-2H3. The van der Waals surface area contributed by atoms with Gasteiger partial charge in [0.15, 0.2) is 0 Å². The maximum atomic E-state index is 11.4. The second-order valence-corrected chi connectivity index (χ2v) is 4.57. The van der Waals surface area contributed by atoms with Crippen LogP contribution in [0.3, 0.4) is 0 Å². The van der Waals surface area contributed by atoms with Gasteiger partial charge >= 0.3 is 0 Å². The van der Waals surface area contributed by atoms with E-state index < -0.39 is 15.9 Å². The smallest absolute Gasteiger partial charge is 0.271 e. The summed E-state index contributed by atoms with van der Waals surface area (Å²) < 4.78 is 25.9. The van der Waals surface area contributed by atoms with E-state index in [-0.39, 0.29) is 4.90 Å². The van der Waals surface area contributed by atoms with Crippen LogP contribution in [0.25, 0.3) is 0 Å². The molecule has 6 heteroatoms. The van der Waals surface area contributed by atoms with E-state index in [4.69, 9.17) is 0 Å². The summed E-state index contributed by atoms with van der Waals surface area (Å²) in [5.41, 5.74) is 0.942. The number of hydrogen-bond donors (Lipinski definition) is 0. The van der Waals surface area contributed by atoms with Gasteiger partial charge in [-0.3, -0.25) is 4.79 Å². The van der Waals surface area contributed by atoms with E-state index in [1.165, 1.54) is 12.1 Å². The first-order valence-electron chi connectivity index (χ1n) is 4.17. The lowest BCUT2D eigenvalue weighted by Gasteiger charge is -1.97. The quantitative estimate of drug-likeness (QED) is 0.720. The molecule has 0 N–H and O–H groups in total. The highest BCUT2D eigenvalue weighted by Crippen LogP contribution is 2.13. The highest BCUT2D eigenvalue weighted by molar-refractivity contribution is 7.90. The van der Waals surface area contributed by atoms with E-state index in [0.717, 1.165) is 12.5 Å². The van der Waals surface area contributed by atoms with Gasteiger partial charge in [-0.05, 0) is 19.1 Å². The first kappa shape index (κ1) is 11.5. The molecule has 0 aliphatic heterocycles. The molecular weight excluding hydrogens is 216 g/mol. The van der Waals surface area contributed by atoms with Crippen LogP contribution in [0, 0.1) is 6.92 Å². The Balaban J connectivity index is 3.07. The van der Waals surface area contributed by atoms with Crippen molar-refractivity contribution in [2.75, 3.05) is 0 Å². The third-order valence-corrected chi connectivity index (χ3v) is 2.77. The van der Waals surface area contributed by atoms with Crippen LogP contribution in [0.2, 0.25) is 0 Å². The van der Waals surface area contributed by atoms with Gasteiger partial charge < -0.3 is 0 Å². The molecule has 0 saturated carbocycles. The van der Waals surface area contributed by atoms with Crippen molar-refractivity contribution in [1.29, 1.82) is 0 Å². The largest absolute Gasteiger partial charge is 0.299 e. The van der Waals surface area contributed by atoms with Crippen LogP contribution in [-0.4, -0.2) is 14.3 Å². The molecule has 0 radical (unpaired) electrons. The molecule has 0 aromatic heterocycles. The number of carbonyl (C=O) groups is 1. The summed E-state index contributed by atoms with van der Waals surface area (Å²) in [5, 5.41) is 2.99. The first-order chi connectivity index (χ1) is 6.92. The van der Waals surface area contributed by atoms with E-state index in [2.05, 4.69) is 9.63 Å². The van der Waals surface area contributed by atoms with Crippen LogP contribution < -0.4 is 0 Å². The molecule has 0 bridgehead atoms. The Kier molecular flexibility index (Phi) is 3.31. The number of carbonyl (C=O) groups excluding carboxylic acids is 1. The summed E-state index contributed by atoms with van der Waals surface area (Å²) in [6, 6.07) is 6.14. The topological polar surface area (TPSA) is 75.9 Å². The van der Waals surface area contributed by atoms with Gasteiger partial charge in [-0.15, -0.1) is 0 Å². The maximum Gasteiger partial charge on any atom is 0.299 e. The zero-order valence-electron chi connectivity index (χ0n) is 8.34. The van der Waals surface area contributed by atoms with Gasteiger partial charge in [0, 0.05) is 6.92 Å². The lowest BCUT2D eigenvalue weighted by molar-refractivity contribution is -0.116. The summed E-state index contributed by atoms with van der Waals surface area (Å²) in [7, 11) is -3.83. The zero-order valence-corrected chi connectivity index (χ0v) is 9.15. The van der Waals surface area contributed by atoms with Crippen LogP contribution in [0.1, 0.15) is 12.5 Å². The fourth-order valence-electron chi connectivity index (χ4n) is 0.869. The molecule has 1 aromatic carbocycles. The number of sulfonamides is 1. The summed E-state index contributed by atoms with van der Waals surface area (Å²) in [6.45, 7) is 2.97. The summed E-state index contributed by atoms with van der Waals surface area (Å²) >= 11 is 0. The van der Waals surface area contributed by atoms with Gasteiger partial charge in [0.05, 0.1) is 4.90 Å². The first-order valence-corrected chi connectivity index (χ1v) is 5.61. The molecule has 0 heterocycles. The third kappa shape index (κ3) is 3.25. The zero-order chi connectivity index (χ0) is 11.5. The predicted molar refractivity (Wildman–Crippen MR) is 53.9 cm³/mol. The van der Waals surface area contributed by atoms with Crippen LogP contribution in [0.15, 0.2) is 38.8 Å². The van der Waals surface area contributed by atoms with Gasteiger partial charge in [-0.1, -0.05) is 27.3 Å². The Hall–Kier alpha value is -1.56. The number of nitrogens with zero attached hydrogens (tertiary/aromatic N) is 2. The maximum absolute atomic E-state index is 11.4. The molecule has 15 heavy (non-hydrogen) atoms. The van der Waals surface area contributed by atoms with Crippen LogP contribution >= 0.6 is 0 Å². The van der Waals surface area contributed by atoms with Gasteiger partial charge in [-0.25, -0.2) is 0 Å². The van der Waals surface area contributed by atoms with Crippen molar-refractivity contribution in [1.82, 2.24) is 0 Å².